The van der Waals surface area contributed by atoms with Crippen LogP contribution < -0.4 is 20.7 Å². The van der Waals surface area contributed by atoms with Crippen LogP contribution in [0.3, 0.4) is 0 Å². The third-order valence-corrected chi connectivity index (χ3v) is 19.6. The van der Waals surface area contributed by atoms with E-state index in [-0.39, 0.29) is 0 Å². The van der Waals surface area contributed by atoms with Crippen molar-refractivity contribution in [2.24, 2.45) is 0 Å². The molecule has 70 heavy (non-hydrogen) atoms. The van der Waals surface area contributed by atoms with Gasteiger partial charge >= 0.3 is 0 Å². The van der Waals surface area contributed by atoms with Crippen LogP contribution in [0.15, 0.2) is 273 Å². The largest absolute Gasteiger partial charge is 0.307 e. The van der Waals surface area contributed by atoms with Crippen molar-refractivity contribution in [2.45, 2.75) is 0 Å². The van der Waals surface area contributed by atoms with E-state index in [9.17, 15) is 0 Å². The predicted octanol–water partition coefficient (Wildman–Crippen LogP) is 14.0. The summed E-state index contributed by atoms with van der Waals surface area (Å²) in [6, 6.07) is 102. The SMILES string of the molecule is c1ccc(-c2ccccc2-n2c3ccccc3c3cccc(-n4c5cc([Si](c6ccccc6)(c6ccccc6)c6ccccc6)ccc5c5cccc(-n6c7ccccc7c7ccccc76)c54)c32)cc1. The van der Waals surface area contributed by atoms with Gasteiger partial charge in [0.2, 0.25) is 0 Å². The molecule has 3 aromatic heterocycles. The first-order valence-electron chi connectivity index (χ1n) is 24.2. The van der Waals surface area contributed by atoms with Crippen LogP contribution in [-0.4, -0.2) is 21.8 Å². The van der Waals surface area contributed by atoms with E-state index in [4.69, 9.17) is 0 Å². The molecule has 0 unspecified atom stereocenters. The number of rotatable bonds is 8. The molecule has 0 saturated carbocycles. The van der Waals surface area contributed by atoms with Gasteiger partial charge in [-0.15, -0.1) is 0 Å². The Hall–Kier alpha value is -8.96. The first-order valence-corrected chi connectivity index (χ1v) is 26.2. The number of para-hydroxylation sites is 6. The molecule has 0 fully saturated rings. The zero-order valence-electron chi connectivity index (χ0n) is 38.3. The van der Waals surface area contributed by atoms with Crippen molar-refractivity contribution in [2.75, 3.05) is 0 Å². The highest BCUT2D eigenvalue weighted by Crippen LogP contribution is 2.44. The summed E-state index contributed by atoms with van der Waals surface area (Å²) in [4.78, 5) is 0. The molecule has 328 valence electrons. The Morgan fingerprint density at radius 3 is 1.14 bits per heavy atom. The summed E-state index contributed by atoms with van der Waals surface area (Å²) in [5.74, 6) is 0. The van der Waals surface area contributed by atoms with E-state index in [1.54, 1.807) is 0 Å². The molecular weight excluding hydrogens is 863 g/mol. The van der Waals surface area contributed by atoms with Gasteiger partial charge in [-0.25, -0.2) is 0 Å². The van der Waals surface area contributed by atoms with Crippen molar-refractivity contribution in [3.63, 3.8) is 0 Å². The van der Waals surface area contributed by atoms with Crippen LogP contribution in [-0.2, 0) is 0 Å². The van der Waals surface area contributed by atoms with Gasteiger partial charge in [0.1, 0.15) is 0 Å². The molecule has 0 spiro atoms. The molecule has 3 heterocycles. The first-order chi connectivity index (χ1) is 34.8. The highest BCUT2D eigenvalue weighted by Gasteiger charge is 2.42. The Morgan fingerprint density at radius 1 is 0.229 bits per heavy atom. The van der Waals surface area contributed by atoms with Crippen LogP contribution in [0.5, 0.6) is 0 Å². The second-order valence-corrected chi connectivity index (χ2v) is 22.2. The van der Waals surface area contributed by atoms with Gasteiger partial charge in [0.05, 0.1) is 50.2 Å². The molecule has 0 bridgehead atoms. The zero-order chi connectivity index (χ0) is 46.2. The van der Waals surface area contributed by atoms with Crippen LogP contribution in [0.25, 0.3) is 93.6 Å². The third kappa shape index (κ3) is 5.87. The topological polar surface area (TPSA) is 14.8 Å². The second kappa shape index (κ2) is 16.1. The molecular formula is C66H45N3Si. The Labute approximate surface area is 407 Å². The number of nitrogens with zero attached hydrogens (tertiary/aromatic N) is 3. The van der Waals surface area contributed by atoms with Gasteiger partial charge in [-0.3, -0.25) is 0 Å². The van der Waals surface area contributed by atoms with Gasteiger partial charge in [-0.05, 0) is 68.8 Å². The van der Waals surface area contributed by atoms with Crippen LogP contribution in [0.1, 0.15) is 0 Å². The average molecular weight is 908 g/mol. The Bertz CT molecular complexity index is 4130. The summed E-state index contributed by atoms with van der Waals surface area (Å²) in [5, 5.41) is 12.7. The molecule has 0 aliphatic carbocycles. The van der Waals surface area contributed by atoms with Gasteiger partial charge in [-0.1, -0.05) is 231 Å². The van der Waals surface area contributed by atoms with Crippen molar-refractivity contribution in [1.29, 1.82) is 0 Å². The maximum absolute atomic E-state index is 2.94. The highest BCUT2D eigenvalue weighted by molar-refractivity contribution is 7.20. The van der Waals surface area contributed by atoms with Crippen molar-refractivity contribution in [1.82, 2.24) is 13.7 Å². The molecule has 14 rings (SSSR count). The lowest BCUT2D eigenvalue weighted by Crippen LogP contribution is -2.74. The van der Waals surface area contributed by atoms with Crippen molar-refractivity contribution in [3.05, 3.63) is 273 Å². The maximum Gasteiger partial charge on any atom is 0.179 e. The smallest absolute Gasteiger partial charge is 0.179 e. The van der Waals surface area contributed by atoms with Crippen LogP contribution in [0.4, 0.5) is 0 Å². The molecule has 0 aliphatic heterocycles. The molecule has 0 aliphatic rings. The lowest BCUT2D eigenvalue weighted by atomic mass is 10.0. The minimum absolute atomic E-state index is 1.12. The predicted molar refractivity (Wildman–Crippen MR) is 299 cm³/mol. The fourth-order valence-electron chi connectivity index (χ4n) is 11.9. The molecule has 4 heteroatoms. The van der Waals surface area contributed by atoms with Gasteiger partial charge in [0, 0.05) is 37.9 Å². The van der Waals surface area contributed by atoms with Crippen molar-refractivity contribution < 1.29 is 0 Å². The molecule has 0 saturated heterocycles. The van der Waals surface area contributed by atoms with Crippen molar-refractivity contribution in [3.8, 4) is 28.2 Å². The van der Waals surface area contributed by atoms with Crippen LogP contribution in [0, 0.1) is 0 Å². The third-order valence-electron chi connectivity index (χ3n) is 14.8. The number of hydrogen-bond donors (Lipinski definition) is 0. The lowest BCUT2D eigenvalue weighted by Gasteiger charge is -2.34. The first kappa shape index (κ1) is 40.1. The summed E-state index contributed by atoms with van der Waals surface area (Å²) in [5.41, 5.74) is 12.8. The van der Waals surface area contributed by atoms with Gasteiger partial charge in [0.25, 0.3) is 0 Å². The van der Waals surface area contributed by atoms with E-state index in [2.05, 4.69) is 287 Å². The van der Waals surface area contributed by atoms with Gasteiger partial charge in [-0.2, -0.15) is 0 Å². The molecule has 0 amide bonds. The Kier molecular flexibility index (Phi) is 9.23. The Morgan fingerprint density at radius 2 is 0.600 bits per heavy atom. The van der Waals surface area contributed by atoms with E-state index >= 15 is 0 Å². The quantitative estimate of drug-likeness (QED) is 0.107. The number of benzene rings is 11. The fourth-order valence-corrected chi connectivity index (χ4v) is 16.7. The van der Waals surface area contributed by atoms with E-state index in [1.165, 1.54) is 86.3 Å². The molecule has 14 aromatic rings. The maximum atomic E-state index is 2.62. The minimum Gasteiger partial charge on any atom is -0.307 e. The van der Waals surface area contributed by atoms with E-state index < -0.39 is 8.07 Å². The van der Waals surface area contributed by atoms with E-state index in [0.29, 0.717) is 0 Å². The highest BCUT2D eigenvalue weighted by atomic mass is 28.3. The second-order valence-electron chi connectivity index (χ2n) is 18.4. The molecule has 0 radical (unpaired) electrons. The van der Waals surface area contributed by atoms with Gasteiger partial charge < -0.3 is 13.7 Å². The van der Waals surface area contributed by atoms with Gasteiger partial charge in [0.15, 0.2) is 8.07 Å². The summed E-state index contributed by atoms with van der Waals surface area (Å²) in [6.45, 7) is 0. The number of aromatic nitrogens is 3. The molecule has 0 atom stereocenters. The summed E-state index contributed by atoms with van der Waals surface area (Å²) in [7, 11) is -2.94. The average Bonchev–Trinajstić information content (AvgIpc) is 4.08. The van der Waals surface area contributed by atoms with Crippen LogP contribution in [0.2, 0.25) is 0 Å². The Balaban J connectivity index is 1.18. The molecule has 3 nitrogen and oxygen atoms in total. The zero-order valence-corrected chi connectivity index (χ0v) is 39.3. The van der Waals surface area contributed by atoms with Crippen LogP contribution >= 0.6 is 0 Å². The number of hydrogen-bond acceptors (Lipinski definition) is 0. The van der Waals surface area contributed by atoms with Crippen molar-refractivity contribution >= 4 is 94.2 Å². The normalized spacial score (nSPS) is 12.0. The standard InChI is InChI=1S/C66H45N3Si/c1-5-23-46(24-6-1)51-31-13-17-37-58(51)68-61-40-20-16-34-54(61)56-35-22-42-63(66(56)68)69-64-45-50(70(47-25-7-2-8-26-47,48-27-9-3-10-28-48)49-29-11-4-12-30-49)43-44-55(64)57-36-21-41-62(65(57)69)67-59-38-18-14-32-52(59)53-33-15-19-39-60(53)67/h1-45H. The number of fused-ring (bicyclic) bond motifs is 9. The summed E-state index contributed by atoms with van der Waals surface area (Å²) in [6.07, 6.45) is 0. The molecule has 0 N–H and O–H groups in total. The fraction of sp³-hybridized carbons (Fsp3) is 0. The minimum atomic E-state index is -2.94. The monoisotopic (exact) mass is 907 g/mol. The lowest BCUT2D eigenvalue weighted by molar-refractivity contribution is 1.11. The summed E-state index contributed by atoms with van der Waals surface area (Å²) < 4.78 is 7.65. The van der Waals surface area contributed by atoms with E-state index in [0.717, 1.165) is 28.1 Å². The van der Waals surface area contributed by atoms with E-state index in [1.807, 2.05) is 0 Å². The molecule has 11 aromatic carbocycles. The summed E-state index contributed by atoms with van der Waals surface area (Å²) >= 11 is 0.